The minimum atomic E-state index is -1.52. The summed E-state index contributed by atoms with van der Waals surface area (Å²) in [5.41, 5.74) is 4.93. The van der Waals surface area contributed by atoms with E-state index in [-0.39, 0.29) is 10.2 Å². The van der Waals surface area contributed by atoms with E-state index in [4.69, 9.17) is 5.73 Å². The second-order valence-corrected chi connectivity index (χ2v) is 2.68. The summed E-state index contributed by atoms with van der Waals surface area (Å²) in [5, 5.41) is 0. The van der Waals surface area contributed by atoms with Crippen molar-refractivity contribution in [2.45, 2.75) is 0 Å². The van der Waals surface area contributed by atoms with Crippen LogP contribution in [0.5, 0.6) is 0 Å². The first-order chi connectivity index (χ1) is 5.04. The number of nitrogens with two attached hydrogens (primary N) is 1. The maximum absolute atomic E-state index is 12.5. The molecule has 0 aliphatic carbocycles. The molecule has 5 heteroatoms. The number of hydrogen-bond acceptors (Lipinski definition) is 1. The average molecular weight is 226 g/mol. The SMILES string of the molecule is Nc1cc(F)c(F)c(F)c1Br. The van der Waals surface area contributed by atoms with Crippen molar-refractivity contribution in [1.82, 2.24) is 0 Å². The van der Waals surface area contributed by atoms with E-state index >= 15 is 0 Å². The number of anilines is 1. The van der Waals surface area contributed by atoms with Gasteiger partial charge in [0.05, 0.1) is 10.2 Å². The molecule has 0 aromatic heterocycles. The zero-order valence-electron chi connectivity index (χ0n) is 5.17. The van der Waals surface area contributed by atoms with Gasteiger partial charge in [0, 0.05) is 6.07 Å². The normalized spacial score (nSPS) is 10.2. The summed E-state index contributed by atoms with van der Waals surface area (Å²) >= 11 is 2.66. The summed E-state index contributed by atoms with van der Waals surface area (Å²) in [6, 6.07) is 0.711. The Bertz CT molecular complexity index is 274. The van der Waals surface area contributed by atoms with Crippen LogP contribution >= 0.6 is 15.9 Å². The number of hydrogen-bond donors (Lipinski definition) is 1. The summed E-state index contributed by atoms with van der Waals surface area (Å²) in [5.74, 6) is -4.11. The van der Waals surface area contributed by atoms with E-state index in [9.17, 15) is 13.2 Å². The zero-order valence-corrected chi connectivity index (χ0v) is 6.75. The van der Waals surface area contributed by atoms with E-state index in [1.807, 2.05) is 0 Å². The molecule has 0 heterocycles. The van der Waals surface area contributed by atoms with E-state index in [1.165, 1.54) is 0 Å². The molecule has 60 valence electrons. The molecule has 0 fully saturated rings. The highest BCUT2D eigenvalue weighted by atomic mass is 79.9. The van der Waals surface area contributed by atoms with E-state index in [0.717, 1.165) is 0 Å². The molecule has 0 amide bonds. The van der Waals surface area contributed by atoms with Crippen molar-refractivity contribution >= 4 is 21.6 Å². The average Bonchev–Trinajstić information content (AvgIpc) is 1.97. The number of halogens is 4. The summed E-state index contributed by atoms with van der Waals surface area (Å²) < 4.78 is 36.9. The van der Waals surface area contributed by atoms with Crippen LogP contribution in [0.15, 0.2) is 10.5 Å². The van der Waals surface area contributed by atoms with Gasteiger partial charge in [-0.1, -0.05) is 0 Å². The van der Waals surface area contributed by atoms with Crippen LogP contribution in [0.25, 0.3) is 0 Å². The van der Waals surface area contributed by atoms with Gasteiger partial charge in [-0.15, -0.1) is 0 Å². The lowest BCUT2D eigenvalue weighted by Crippen LogP contribution is -1.96. The smallest absolute Gasteiger partial charge is 0.195 e. The summed E-state index contributed by atoms with van der Waals surface area (Å²) in [6.45, 7) is 0. The summed E-state index contributed by atoms with van der Waals surface area (Å²) in [4.78, 5) is 0. The second-order valence-electron chi connectivity index (χ2n) is 1.89. The minimum absolute atomic E-state index is 0.165. The first kappa shape index (κ1) is 8.39. The van der Waals surface area contributed by atoms with E-state index in [1.54, 1.807) is 0 Å². The molecule has 1 nitrogen and oxygen atoms in total. The Labute approximate surface area is 69.1 Å². The molecule has 0 spiro atoms. The number of nitrogen functional groups attached to an aromatic ring is 1. The van der Waals surface area contributed by atoms with Crippen LogP contribution < -0.4 is 5.73 Å². The van der Waals surface area contributed by atoms with Gasteiger partial charge < -0.3 is 5.73 Å². The lowest BCUT2D eigenvalue weighted by molar-refractivity contribution is 0.445. The highest BCUT2D eigenvalue weighted by molar-refractivity contribution is 9.10. The Morgan fingerprint density at radius 3 is 2.27 bits per heavy atom. The first-order valence-electron chi connectivity index (χ1n) is 2.62. The molecule has 1 aromatic rings. The number of rotatable bonds is 0. The third-order valence-electron chi connectivity index (χ3n) is 1.13. The van der Waals surface area contributed by atoms with Gasteiger partial charge >= 0.3 is 0 Å². The fraction of sp³-hybridized carbons (Fsp3) is 0. The Balaban J connectivity index is 3.46. The fourth-order valence-corrected chi connectivity index (χ4v) is 0.880. The Morgan fingerprint density at radius 1 is 1.18 bits per heavy atom. The lowest BCUT2D eigenvalue weighted by atomic mass is 10.3. The van der Waals surface area contributed by atoms with Crippen LogP contribution in [0, 0.1) is 17.5 Å². The van der Waals surface area contributed by atoms with Crippen molar-refractivity contribution in [2.24, 2.45) is 0 Å². The van der Waals surface area contributed by atoms with Gasteiger partial charge in [-0.25, -0.2) is 13.2 Å². The van der Waals surface area contributed by atoms with Crippen molar-refractivity contribution < 1.29 is 13.2 Å². The molecule has 1 rings (SSSR count). The molecule has 0 radical (unpaired) electrons. The molecule has 0 aliphatic rings. The predicted molar refractivity (Wildman–Crippen MR) is 38.4 cm³/mol. The van der Waals surface area contributed by atoms with Crippen molar-refractivity contribution in [1.29, 1.82) is 0 Å². The van der Waals surface area contributed by atoms with Crippen LogP contribution in [0.3, 0.4) is 0 Å². The fourth-order valence-electron chi connectivity index (χ4n) is 0.591. The highest BCUT2D eigenvalue weighted by Crippen LogP contribution is 2.26. The standard InChI is InChI=1S/C6H3BrF3N/c7-4-3(11)1-2(8)5(9)6(4)10/h1H,11H2. The molecule has 0 saturated heterocycles. The third kappa shape index (κ3) is 1.33. The molecule has 0 bridgehead atoms. The second kappa shape index (κ2) is 2.73. The van der Waals surface area contributed by atoms with Gasteiger partial charge in [0.1, 0.15) is 0 Å². The van der Waals surface area contributed by atoms with Gasteiger partial charge in [-0.05, 0) is 15.9 Å². The molecule has 0 saturated carbocycles. The molecule has 2 N–H and O–H groups in total. The minimum Gasteiger partial charge on any atom is -0.398 e. The highest BCUT2D eigenvalue weighted by Gasteiger charge is 2.14. The summed E-state index contributed by atoms with van der Waals surface area (Å²) in [7, 11) is 0. The molecular formula is C6H3BrF3N. The van der Waals surface area contributed by atoms with Gasteiger partial charge in [-0.2, -0.15) is 0 Å². The van der Waals surface area contributed by atoms with Gasteiger partial charge in [0.15, 0.2) is 17.5 Å². The van der Waals surface area contributed by atoms with Crippen molar-refractivity contribution in [3.8, 4) is 0 Å². The van der Waals surface area contributed by atoms with Crippen LogP contribution in [-0.2, 0) is 0 Å². The van der Waals surface area contributed by atoms with Crippen molar-refractivity contribution in [2.75, 3.05) is 5.73 Å². The molecule has 11 heavy (non-hydrogen) atoms. The molecular weight excluding hydrogens is 223 g/mol. The maximum Gasteiger partial charge on any atom is 0.195 e. The molecule has 0 atom stereocenters. The van der Waals surface area contributed by atoms with Crippen LogP contribution in [-0.4, -0.2) is 0 Å². The van der Waals surface area contributed by atoms with Crippen LogP contribution in [0.4, 0.5) is 18.9 Å². The van der Waals surface area contributed by atoms with E-state index < -0.39 is 17.5 Å². The lowest BCUT2D eigenvalue weighted by Gasteiger charge is -2.00. The zero-order chi connectivity index (χ0) is 8.59. The Kier molecular flexibility index (Phi) is 2.08. The van der Waals surface area contributed by atoms with E-state index in [0.29, 0.717) is 6.07 Å². The quantitative estimate of drug-likeness (QED) is 0.410. The number of benzene rings is 1. The summed E-state index contributed by atoms with van der Waals surface area (Å²) in [6.07, 6.45) is 0. The van der Waals surface area contributed by atoms with Gasteiger partial charge in [0.25, 0.3) is 0 Å². The topological polar surface area (TPSA) is 26.0 Å². The monoisotopic (exact) mass is 225 g/mol. The molecule has 0 aliphatic heterocycles. The molecule has 0 unspecified atom stereocenters. The van der Waals surface area contributed by atoms with Gasteiger partial charge in [0.2, 0.25) is 0 Å². The first-order valence-corrected chi connectivity index (χ1v) is 3.41. The van der Waals surface area contributed by atoms with Crippen molar-refractivity contribution in [3.05, 3.63) is 28.0 Å². The Hall–Kier alpha value is -0.710. The molecule has 1 aromatic carbocycles. The predicted octanol–water partition coefficient (Wildman–Crippen LogP) is 2.45. The third-order valence-corrected chi connectivity index (χ3v) is 1.94. The van der Waals surface area contributed by atoms with Gasteiger partial charge in [-0.3, -0.25) is 0 Å². The van der Waals surface area contributed by atoms with Crippen LogP contribution in [0.2, 0.25) is 0 Å². The Morgan fingerprint density at radius 2 is 1.73 bits per heavy atom. The van der Waals surface area contributed by atoms with Crippen LogP contribution in [0.1, 0.15) is 0 Å². The maximum atomic E-state index is 12.5. The largest absolute Gasteiger partial charge is 0.398 e. The van der Waals surface area contributed by atoms with E-state index in [2.05, 4.69) is 15.9 Å². The van der Waals surface area contributed by atoms with Crippen molar-refractivity contribution in [3.63, 3.8) is 0 Å².